The van der Waals surface area contributed by atoms with E-state index >= 15 is 0 Å². The first-order chi connectivity index (χ1) is 19.9. The van der Waals surface area contributed by atoms with E-state index in [2.05, 4.69) is 15.3 Å². The normalized spacial score (nSPS) is 12.0. The number of nitrogens with one attached hydrogen (secondary N) is 1. The van der Waals surface area contributed by atoms with Gasteiger partial charge in [0.1, 0.15) is 11.6 Å². The van der Waals surface area contributed by atoms with Crippen LogP contribution in [0.4, 0.5) is 16.5 Å². The number of amides is 2. The number of benzene rings is 2. The van der Waals surface area contributed by atoms with Crippen LogP contribution in [0.1, 0.15) is 37.5 Å². The molecule has 0 saturated carbocycles. The molecule has 2 heterocycles. The van der Waals surface area contributed by atoms with Crippen LogP contribution in [0.3, 0.4) is 0 Å². The van der Waals surface area contributed by atoms with Crippen LogP contribution >= 0.6 is 0 Å². The second kappa shape index (κ2) is 12.8. The van der Waals surface area contributed by atoms with Crippen LogP contribution in [-0.2, 0) is 22.4 Å². The van der Waals surface area contributed by atoms with Crippen molar-refractivity contribution in [1.29, 1.82) is 0 Å². The molecule has 4 aromatic rings. The van der Waals surface area contributed by atoms with Crippen LogP contribution in [0.25, 0.3) is 10.9 Å². The number of likely N-dealkylation sites (N-methyl/N-ethyl adjacent to an activating group) is 2. The minimum atomic E-state index is -0.686. The molecule has 10 nitrogen and oxygen atoms in total. The molecule has 0 bridgehead atoms. The van der Waals surface area contributed by atoms with Gasteiger partial charge in [-0.05, 0) is 69.0 Å². The van der Waals surface area contributed by atoms with E-state index in [4.69, 9.17) is 9.15 Å². The highest BCUT2D eigenvalue weighted by atomic mass is 16.6. The molecule has 42 heavy (non-hydrogen) atoms. The fourth-order valence-electron chi connectivity index (χ4n) is 4.58. The summed E-state index contributed by atoms with van der Waals surface area (Å²) < 4.78 is 11.0. The van der Waals surface area contributed by atoms with Gasteiger partial charge in [0.15, 0.2) is 0 Å². The largest absolute Gasteiger partial charge is 0.444 e. The van der Waals surface area contributed by atoms with E-state index in [0.717, 1.165) is 11.1 Å². The number of anilines is 2. The van der Waals surface area contributed by atoms with Crippen LogP contribution in [0.2, 0.25) is 0 Å². The first-order valence-electron chi connectivity index (χ1n) is 13.8. The van der Waals surface area contributed by atoms with Crippen molar-refractivity contribution in [1.82, 2.24) is 14.9 Å². The molecule has 0 unspecified atom stereocenters. The molecule has 0 aliphatic carbocycles. The van der Waals surface area contributed by atoms with Gasteiger partial charge in [0.2, 0.25) is 5.91 Å². The highest BCUT2D eigenvalue weighted by Crippen LogP contribution is 2.25. The molecule has 0 aliphatic heterocycles. The third kappa shape index (κ3) is 7.51. The number of hydrogen-bond acceptors (Lipinski definition) is 8. The number of nitrogens with zero attached hydrogens (tertiary/aromatic N) is 4. The summed E-state index contributed by atoms with van der Waals surface area (Å²) in [5, 5.41) is 2.92. The summed E-state index contributed by atoms with van der Waals surface area (Å²) in [4.78, 5) is 51.4. The van der Waals surface area contributed by atoms with Crippen molar-refractivity contribution in [2.75, 3.05) is 30.9 Å². The Balaban J connectivity index is 1.62. The molecule has 4 rings (SSSR count). The van der Waals surface area contributed by atoms with Gasteiger partial charge >= 0.3 is 17.7 Å². The van der Waals surface area contributed by atoms with Gasteiger partial charge in [-0.25, -0.2) is 9.59 Å². The number of aromatic nitrogens is 2. The van der Waals surface area contributed by atoms with Crippen molar-refractivity contribution < 1.29 is 18.7 Å². The van der Waals surface area contributed by atoms with Crippen molar-refractivity contribution in [3.8, 4) is 0 Å². The van der Waals surface area contributed by atoms with Crippen molar-refractivity contribution in [2.45, 2.75) is 52.2 Å². The zero-order chi connectivity index (χ0) is 30.4. The predicted molar refractivity (Wildman–Crippen MR) is 163 cm³/mol. The van der Waals surface area contributed by atoms with E-state index in [1.54, 1.807) is 76.1 Å². The predicted octanol–water partition coefficient (Wildman–Crippen LogP) is 4.99. The summed E-state index contributed by atoms with van der Waals surface area (Å²) in [6, 6.07) is 16.1. The van der Waals surface area contributed by atoms with Crippen LogP contribution in [0.15, 0.2) is 76.2 Å². The second-order valence-electron chi connectivity index (χ2n) is 11.2. The van der Waals surface area contributed by atoms with Gasteiger partial charge in [-0.2, -0.15) is 4.98 Å². The lowest BCUT2D eigenvalue weighted by Crippen LogP contribution is -2.48. The SMILES string of the molecule is Cc1c(NC(=O)OC(C)(C)C)ccc2nc(N(C)[C@@H](Cc3ccccc3)C(=O)N(C)CCc3cccnc3)oc(=O)c12. The van der Waals surface area contributed by atoms with Crippen molar-refractivity contribution >= 4 is 34.6 Å². The Morgan fingerprint density at radius 3 is 2.40 bits per heavy atom. The maximum Gasteiger partial charge on any atom is 0.412 e. The van der Waals surface area contributed by atoms with Crippen molar-refractivity contribution in [3.63, 3.8) is 0 Å². The van der Waals surface area contributed by atoms with Gasteiger partial charge in [0.25, 0.3) is 0 Å². The Labute approximate surface area is 245 Å². The summed E-state index contributed by atoms with van der Waals surface area (Å²) in [6.07, 6.45) is 3.91. The van der Waals surface area contributed by atoms with E-state index in [-0.39, 0.29) is 17.3 Å². The lowest BCUT2D eigenvalue weighted by atomic mass is 10.0. The van der Waals surface area contributed by atoms with Crippen LogP contribution in [0, 0.1) is 6.92 Å². The van der Waals surface area contributed by atoms with Gasteiger partial charge in [-0.1, -0.05) is 36.4 Å². The number of pyridine rings is 1. The minimum absolute atomic E-state index is 0.0229. The second-order valence-corrected chi connectivity index (χ2v) is 11.2. The average molecular weight is 572 g/mol. The zero-order valence-electron chi connectivity index (χ0n) is 24.9. The molecular weight excluding hydrogens is 534 g/mol. The Morgan fingerprint density at radius 2 is 1.74 bits per heavy atom. The third-order valence-electron chi connectivity index (χ3n) is 6.84. The number of ether oxygens (including phenoxy) is 1. The van der Waals surface area contributed by atoms with E-state index in [1.807, 2.05) is 42.5 Å². The van der Waals surface area contributed by atoms with Gasteiger partial charge in [0.05, 0.1) is 10.9 Å². The van der Waals surface area contributed by atoms with Crippen LogP contribution in [-0.4, -0.2) is 59.2 Å². The molecule has 0 spiro atoms. The number of fused-ring (bicyclic) bond motifs is 1. The number of aryl methyl sites for hydroxylation is 1. The monoisotopic (exact) mass is 571 g/mol. The minimum Gasteiger partial charge on any atom is -0.444 e. The first kappa shape index (κ1) is 30.2. The molecule has 2 aromatic heterocycles. The Bertz CT molecular complexity index is 1600. The number of rotatable bonds is 9. The summed E-state index contributed by atoms with van der Waals surface area (Å²) in [5.74, 6) is -0.136. The average Bonchev–Trinajstić information content (AvgIpc) is 2.95. The first-order valence-corrected chi connectivity index (χ1v) is 13.8. The summed E-state index contributed by atoms with van der Waals surface area (Å²) in [7, 11) is 3.46. The lowest BCUT2D eigenvalue weighted by Gasteiger charge is -2.30. The van der Waals surface area contributed by atoms with Gasteiger partial charge in [0, 0.05) is 45.1 Å². The van der Waals surface area contributed by atoms with Gasteiger partial charge in [-0.3, -0.25) is 15.1 Å². The summed E-state index contributed by atoms with van der Waals surface area (Å²) >= 11 is 0. The van der Waals surface area contributed by atoms with Crippen molar-refractivity contribution in [2.24, 2.45) is 0 Å². The highest BCUT2D eigenvalue weighted by Gasteiger charge is 2.30. The Hall–Kier alpha value is -4.73. The molecule has 0 fully saturated rings. The topological polar surface area (TPSA) is 118 Å². The zero-order valence-corrected chi connectivity index (χ0v) is 24.9. The number of carbonyl (C=O) groups is 2. The van der Waals surface area contributed by atoms with E-state index in [0.29, 0.717) is 36.2 Å². The fraction of sp³-hybridized carbons (Fsp3) is 0.344. The Morgan fingerprint density at radius 1 is 1.02 bits per heavy atom. The summed E-state index contributed by atoms with van der Waals surface area (Å²) in [6.45, 7) is 7.50. The maximum atomic E-state index is 13.8. The van der Waals surface area contributed by atoms with Crippen LogP contribution in [0.5, 0.6) is 0 Å². The van der Waals surface area contributed by atoms with E-state index < -0.39 is 23.4 Å². The Kier molecular flexibility index (Phi) is 9.25. The highest BCUT2D eigenvalue weighted by molar-refractivity contribution is 5.93. The molecule has 2 aromatic carbocycles. The number of carbonyl (C=O) groups excluding carboxylic acids is 2. The van der Waals surface area contributed by atoms with Gasteiger partial charge in [-0.15, -0.1) is 0 Å². The molecule has 220 valence electrons. The maximum absolute atomic E-state index is 13.8. The molecular formula is C32H37N5O5. The quantitative estimate of drug-likeness (QED) is 0.299. The molecule has 10 heteroatoms. The molecule has 0 radical (unpaired) electrons. The third-order valence-corrected chi connectivity index (χ3v) is 6.84. The molecule has 0 saturated heterocycles. The van der Waals surface area contributed by atoms with Crippen LogP contribution < -0.4 is 15.8 Å². The molecule has 1 N–H and O–H groups in total. The molecule has 1 atom stereocenters. The van der Waals surface area contributed by atoms with E-state index in [9.17, 15) is 14.4 Å². The van der Waals surface area contributed by atoms with Crippen molar-refractivity contribution in [3.05, 3.63) is 94.1 Å². The lowest BCUT2D eigenvalue weighted by molar-refractivity contribution is -0.131. The summed E-state index contributed by atoms with van der Waals surface area (Å²) in [5.41, 5.74) is 2.00. The standard InChI is InChI=1S/C32H37N5O5/c1-21-24(35-31(40)42-32(2,3)4)14-15-25-27(21)29(39)41-30(34-25)37(6)26(19-22-11-8-7-9-12-22)28(38)36(5)18-16-23-13-10-17-33-20-23/h7-15,17,20,26H,16,18-19H2,1-6H3,(H,35,40)/t26-/m0/s1. The van der Waals surface area contributed by atoms with Gasteiger partial charge < -0.3 is 19.0 Å². The van der Waals surface area contributed by atoms with E-state index in [1.165, 1.54) is 0 Å². The molecule has 2 amide bonds. The number of hydrogen-bond donors (Lipinski definition) is 1. The smallest absolute Gasteiger partial charge is 0.412 e. The molecule has 0 aliphatic rings. The fourth-order valence-corrected chi connectivity index (χ4v) is 4.58.